The first kappa shape index (κ1) is 10.8. The quantitative estimate of drug-likeness (QED) is 0.644. The Balaban J connectivity index is 0.000000561. The molecule has 0 bridgehead atoms. The first-order valence-corrected chi connectivity index (χ1v) is 4.21. The lowest BCUT2D eigenvalue weighted by atomic mass is 10.2. The van der Waals surface area contributed by atoms with Crippen LogP contribution in [-0.2, 0) is 0 Å². The number of rotatable bonds is 2. The molecule has 0 spiro atoms. The molecule has 0 aliphatic heterocycles. The standard InChI is InChI=1S/C9H10O.C2H6/c1-3-5-8-6-7-10-9(8)4-2;1-2/h3-7H,2H2,1H3;1-2H3/b5-3-;. The van der Waals surface area contributed by atoms with Gasteiger partial charge in [-0.15, -0.1) is 0 Å². The Hall–Kier alpha value is -1.24. The van der Waals surface area contributed by atoms with E-state index in [4.69, 9.17) is 4.42 Å². The summed E-state index contributed by atoms with van der Waals surface area (Å²) in [6, 6.07) is 1.91. The lowest BCUT2D eigenvalue weighted by Crippen LogP contribution is -1.67. The molecule has 0 aliphatic carbocycles. The summed E-state index contributed by atoms with van der Waals surface area (Å²) >= 11 is 0. The smallest absolute Gasteiger partial charge is 0.133 e. The molecular weight excluding hydrogens is 148 g/mol. The molecule has 0 unspecified atom stereocenters. The summed E-state index contributed by atoms with van der Waals surface area (Å²) in [5.41, 5.74) is 1.08. The molecule has 0 atom stereocenters. The van der Waals surface area contributed by atoms with E-state index in [2.05, 4.69) is 6.58 Å². The van der Waals surface area contributed by atoms with E-state index >= 15 is 0 Å². The monoisotopic (exact) mass is 164 g/mol. The molecule has 0 radical (unpaired) electrons. The highest BCUT2D eigenvalue weighted by molar-refractivity contribution is 5.59. The number of allylic oxidation sites excluding steroid dienone is 1. The summed E-state index contributed by atoms with van der Waals surface area (Å²) < 4.78 is 5.10. The van der Waals surface area contributed by atoms with Crippen molar-refractivity contribution in [2.75, 3.05) is 0 Å². The van der Waals surface area contributed by atoms with E-state index in [9.17, 15) is 0 Å². The van der Waals surface area contributed by atoms with Crippen molar-refractivity contribution in [3.63, 3.8) is 0 Å². The molecule has 0 amide bonds. The maximum atomic E-state index is 5.10. The van der Waals surface area contributed by atoms with Crippen LogP contribution in [0.1, 0.15) is 32.1 Å². The fourth-order valence-electron chi connectivity index (χ4n) is 0.814. The number of hydrogen-bond donors (Lipinski definition) is 0. The summed E-state index contributed by atoms with van der Waals surface area (Å²) in [5.74, 6) is 0.832. The lowest BCUT2D eigenvalue weighted by Gasteiger charge is -1.85. The van der Waals surface area contributed by atoms with Crippen molar-refractivity contribution in [1.29, 1.82) is 0 Å². The largest absolute Gasteiger partial charge is 0.464 e. The van der Waals surface area contributed by atoms with Crippen LogP contribution < -0.4 is 0 Å². The summed E-state index contributed by atoms with van der Waals surface area (Å²) in [7, 11) is 0. The van der Waals surface area contributed by atoms with Crippen LogP contribution in [0.3, 0.4) is 0 Å². The molecule has 1 nitrogen and oxygen atoms in total. The van der Waals surface area contributed by atoms with Crippen molar-refractivity contribution < 1.29 is 4.42 Å². The van der Waals surface area contributed by atoms with Gasteiger partial charge >= 0.3 is 0 Å². The Kier molecular flexibility index (Phi) is 5.80. The van der Waals surface area contributed by atoms with Crippen molar-refractivity contribution in [1.82, 2.24) is 0 Å². The number of furan rings is 1. The molecule has 0 aromatic carbocycles. The molecule has 0 fully saturated rings. The van der Waals surface area contributed by atoms with Crippen molar-refractivity contribution in [3.05, 3.63) is 36.3 Å². The Morgan fingerprint density at radius 1 is 1.42 bits per heavy atom. The van der Waals surface area contributed by atoms with Gasteiger partial charge in [-0.2, -0.15) is 0 Å². The highest BCUT2D eigenvalue weighted by Gasteiger charge is 1.95. The third kappa shape index (κ3) is 2.79. The lowest BCUT2D eigenvalue weighted by molar-refractivity contribution is 0.556. The van der Waals surface area contributed by atoms with Gasteiger partial charge in [0, 0.05) is 5.56 Å². The van der Waals surface area contributed by atoms with Crippen LogP contribution >= 0.6 is 0 Å². The van der Waals surface area contributed by atoms with Gasteiger partial charge in [0.1, 0.15) is 5.76 Å². The van der Waals surface area contributed by atoms with Gasteiger partial charge in [0.2, 0.25) is 0 Å². The molecule has 1 heterocycles. The van der Waals surface area contributed by atoms with Crippen molar-refractivity contribution in [2.45, 2.75) is 20.8 Å². The zero-order valence-corrected chi connectivity index (χ0v) is 8.00. The van der Waals surface area contributed by atoms with Crippen LogP contribution in [0.5, 0.6) is 0 Å². The summed E-state index contributed by atoms with van der Waals surface area (Å²) in [6.45, 7) is 9.59. The van der Waals surface area contributed by atoms with E-state index in [0.717, 1.165) is 11.3 Å². The average Bonchev–Trinajstić information content (AvgIpc) is 2.56. The highest BCUT2D eigenvalue weighted by Crippen LogP contribution is 2.12. The van der Waals surface area contributed by atoms with Gasteiger partial charge in [0.15, 0.2) is 0 Å². The minimum atomic E-state index is 0.832. The second-order valence-corrected chi connectivity index (χ2v) is 1.94. The summed E-state index contributed by atoms with van der Waals surface area (Å²) in [4.78, 5) is 0. The van der Waals surface area contributed by atoms with E-state index in [1.807, 2.05) is 39.0 Å². The van der Waals surface area contributed by atoms with Gasteiger partial charge in [-0.05, 0) is 19.1 Å². The first-order chi connectivity index (χ1) is 5.88. The molecule has 0 saturated carbocycles. The fraction of sp³-hybridized carbons (Fsp3) is 0.273. The van der Waals surface area contributed by atoms with Gasteiger partial charge in [-0.1, -0.05) is 32.6 Å². The average molecular weight is 164 g/mol. The van der Waals surface area contributed by atoms with Crippen molar-refractivity contribution in [3.8, 4) is 0 Å². The zero-order valence-electron chi connectivity index (χ0n) is 8.00. The van der Waals surface area contributed by atoms with E-state index in [1.54, 1.807) is 12.3 Å². The SMILES string of the molecule is C=Cc1occc1/C=C\C.CC. The highest BCUT2D eigenvalue weighted by atomic mass is 16.3. The Morgan fingerprint density at radius 2 is 2.08 bits per heavy atom. The second-order valence-electron chi connectivity index (χ2n) is 1.94. The van der Waals surface area contributed by atoms with Crippen LogP contribution in [0.2, 0.25) is 0 Å². The summed E-state index contributed by atoms with van der Waals surface area (Å²) in [5, 5.41) is 0. The third-order valence-corrected chi connectivity index (χ3v) is 1.26. The van der Waals surface area contributed by atoms with Gasteiger partial charge < -0.3 is 4.42 Å². The van der Waals surface area contributed by atoms with Crippen LogP contribution in [0.15, 0.2) is 29.4 Å². The Bertz CT molecular complexity index is 243. The third-order valence-electron chi connectivity index (χ3n) is 1.26. The van der Waals surface area contributed by atoms with E-state index in [0.29, 0.717) is 0 Å². The molecule has 1 aromatic heterocycles. The molecule has 0 aliphatic rings. The predicted octanol–water partition coefficient (Wildman–Crippen LogP) is 3.98. The van der Waals surface area contributed by atoms with Crippen molar-refractivity contribution in [2.24, 2.45) is 0 Å². The second kappa shape index (κ2) is 6.47. The Morgan fingerprint density at radius 3 is 2.58 bits per heavy atom. The first-order valence-electron chi connectivity index (χ1n) is 4.21. The minimum Gasteiger partial charge on any atom is -0.464 e. The van der Waals surface area contributed by atoms with Gasteiger partial charge in [-0.25, -0.2) is 0 Å². The predicted molar refractivity (Wildman–Crippen MR) is 54.9 cm³/mol. The van der Waals surface area contributed by atoms with Crippen LogP contribution in [-0.4, -0.2) is 0 Å². The molecule has 1 aromatic rings. The molecule has 0 N–H and O–H groups in total. The molecule has 66 valence electrons. The van der Waals surface area contributed by atoms with E-state index < -0.39 is 0 Å². The molecule has 12 heavy (non-hydrogen) atoms. The Labute approximate surface area is 74.4 Å². The van der Waals surface area contributed by atoms with E-state index in [-0.39, 0.29) is 0 Å². The van der Waals surface area contributed by atoms with Gasteiger partial charge in [-0.3, -0.25) is 0 Å². The van der Waals surface area contributed by atoms with Crippen LogP contribution in [0, 0.1) is 0 Å². The van der Waals surface area contributed by atoms with Gasteiger partial charge in [0.25, 0.3) is 0 Å². The molecule has 1 rings (SSSR count). The van der Waals surface area contributed by atoms with E-state index in [1.165, 1.54) is 0 Å². The summed E-state index contributed by atoms with van der Waals surface area (Å²) in [6.07, 6.45) is 7.32. The minimum absolute atomic E-state index is 0.832. The maximum absolute atomic E-state index is 5.10. The number of hydrogen-bond acceptors (Lipinski definition) is 1. The van der Waals surface area contributed by atoms with Crippen LogP contribution in [0.25, 0.3) is 12.2 Å². The van der Waals surface area contributed by atoms with Crippen LogP contribution in [0.4, 0.5) is 0 Å². The van der Waals surface area contributed by atoms with Crippen molar-refractivity contribution >= 4 is 12.2 Å². The molecular formula is C11H16O. The fourth-order valence-corrected chi connectivity index (χ4v) is 0.814. The molecule has 1 heteroatoms. The molecule has 0 saturated heterocycles. The normalized spacial score (nSPS) is 9.25. The zero-order chi connectivity index (χ0) is 9.40. The topological polar surface area (TPSA) is 13.1 Å². The van der Waals surface area contributed by atoms with Gasteiger partial charge in [0.05, 0.1) is 6.26 Å². The maximum Gasteiger partial charge on any atom is 0.133 e.